The first-order chi connectivity index (χ1) is 6.45. The highest BCUT2D eigenvalue weighted by Gasteiger charge is 2.44. The number of carbonyl (C=O) groups is 1. The molecule has 1 atom stereocenters. The molecule has 0 aromatic carbocycles. The SMILES string of the molecule is COC(=O)CC1CN(C)CCC1(F)F. The maximum Gasteiger partial charge on any atom is 0.306 e. The lowest BCUT2D eigenvalue weighted by Gasteiger charge is -2.35. The summed E-state index contributed by atoms with van der Waals surface area (Å²) in [5.74, 6) is -4.21. The maximum atomic E-state index is 13.3. The predicted molar refractivity (Wildman–Crippen MR) is 47.2 cm³/mol. The summed E-state index contributed by atoms with van der Waals surface area (Å²) in [6, 6.07) is 0. The highest BCUT2D eigenvalue weighted by atomic mass is 19.3. The Labute approximate surface area is 82.0 Å². The molecule has 0 bridgehead atoms. The molecule has 0 aliphatic carbocycles. The molecular formula is C9H15F2NO2. The molecule has 82 valence electrons. The van der Waals surface area contributed by atoms with Crippen molar-refractivity contribution in [3.05, 3.63) is 0 Å². The van der Waals surface area contributed by atoms with Gasteiger partial charge in [0.2, 0.25) is 0 Å². The van der Waals surface area contributed by atoms with Crippen molar-refractivity contribution in [2.45, 2.75) is 18.8 Å². The third-order valence-electron chi connectivity index (χ3n) is 2.60. The van der Waals surface area contributed by atoms with Crippen molar-refractivity contribution in [3.8, 4) is 0 Å². The second kappa shape index (κ2) is 4.21. The van der Waals surface area contributed by atoms with Crippen LogP contribution in [0.4, 0.5) is 8.78 Å². The fourth-order valence-corrected chi connectivity index (χ4v) is 1.64. The Balaban J connectivity index is 2.58. The first-order valence-corrected chi connectivity index (χ1v) is 4.59. The Morgan fingerprint density at radius 2 is 2.29 bits per heavy atom. The average Bonchev–Trinajstić information content (AvgIpc) is 2.12. The van der Waals surface area contributed by atoms with Gasteiger partial charge >= 0.3 is 5.97 Å². The molecule has 1 saturated heterocycles. The van der Waals surface area contributed by atoms with Crippen LogP contribution in [0.3, 0.4) is 0 Å². The number of carbonyl (C=O) groups excluding carboxylic acids is 1. The first kappa shape index (κ1) is 11.4. The molecule has 5 heteroatoms. The molecule has 1 aliphatic heterocycles. The molecular weight excluding hydrogens is 192 g/mol. The maximum absolute atomic E-state index is 13.3. The zero-order valence-electron chi connectivity index (χ0n) is 8.43. The Bertz CT molecular complexity index is 221. The third kappa shape index (κ3) is 2.64. The number of alkyl halides is 2. The number of methoxy groups -OCH3 is 1. The molecule has 0 radical (unpaired) electrons. The van der Waals surface area contributed by atoms with E-state index in [0.29, 0.717) is 6.54 Å². The molecule has 1 heterocycles. The molecule has 1 rings (SSSR count). The third-order valence-corrected chi connectivity index (χ3v) is 2.60. The van der Waals surface area contributed by atoms with Crippen LogP contribution in [-0.2, 0) is 9.53 Å². The minimum absolute atomic E-state index is 0.175. The van der Waals surface area contributed by atoms with Gasteiger partial charge in [0.1, 0.15) is 0 Å². The zero-order valence-corrected chi connectivity index (χ0v) is 8.43. The van der Waals surface area contributed by atoms with Crippen molar-refractivity contribution in [1.29, 1.82) is 0 Å². The number of piperidine rings is 1. The van der Waals surface area contributed by atoms with Crippen molar-refractivity contribution >= 4 is 5.97 Å². The van der Waals surface area contributed by atoms with Crippen LogP contribution in [0, 0.1) is 5.92 Å². The molecule has 14 heavy (non-hydrogen) atoms. The van der Waals surface area contributed by atoms with Crippen LogP contribution in [0.25, 0.3) is 0 Å². The van der Waals surface area contributed by atoms with Gasteiger partial charge in [0.15, 0.2) is 0 Å². The van der Waals surface area contributed by atoms with E-state index in [4.69, 9.17) is 0 Å². The number of rotatable bonds is 2. The first-order valence-electron chi connectivity index (χ1n) is 4.59. The largest absolute Gasteiger partial charge is 0.469 e. The van der Waals surface area contributed by atoms with Crippen molar-refractivity contribution in [2.24, 2.45) is 5.92 Å². The standard InChI is InChI=1S/C9H15F2NO2/c1-12-4-3-9(10,11)7(6-12)5-8(13)14-2/h7H,3-6H2,1-2H3. The summed E-state index contributed by atoms with van der Waals surface area (Å²) in [7, 11) is 2.99. The summed E-state index contributed by atoms with van der Waals surface area (Å²) < 4.78 is 31.0. The molecule has 0 N–H and O–H groups in total. The molecule has 3 nitrogen and oxygen atoms in total. The Hall–Kier alpha value is -0.710. The van der Waals surface area contributed by atoms with Gasteiger partial charge in [-0.05, 0) is 7.05 Å². The van der Waals surface area contributed by atoms with Crippen LogP contribution in [0.15, 0.2) is 0 Å². The quantitative estimate of drug-likeness (QED) is 0.636. The van der Waals surface area contributed by atoms with Gasteiger partial charge < -0.3 is 9.64 Å². The predicted octanol–water partition coefficient (Wildman–Crippen LogP) is 1.14. The Morgan fingerprint density at radius 3 is 2.86 bits per heavy atom. The number of esters is 1. The topological polar surface area (TPSA) is 29.5 Å². The lowest BCUT2D eigenvalue weighted by molar-refractivity contribution is -0.151. The van der Waals surface area contributed by atoms with E-state index >= 15 is 0 Å². The molecule has 0 aromatic heterocycles. The van der Waals surface area contributed by atoms with Gasteiger partial charge in [-0.15, -0.1) is 0 Å². The Morgan fingerprint density at radius 1 is 1.64 bits per heavy atom. The number of likely N-dealkylation sites (tertiary alicyclic amines) is 1. The number of hydrogen-bond acceptors (Lipinski definition) is 3. The van der Waals surface area contributed by atoms with E-state index in [1.807, 2.05) is 4.90 Å². The summed E-state index contributed by atoms with van der Waals surface area (Å²) >= 11 is 0. The smallest absolute Gasteiger partial charge is 0.306 e. The molecule has 0 aromatic rings. The summed E-state index contributed by atoms with van der Waals surface area (Å²) in [5, 5.41) is 0. The fraction of sp³-hybridized carbons (Fsp3) is 0.889. The Kier molecular flexibility index (Phi) is 3.42. The molecule has 1 fully saturated rings. The number of ether oxygens (including phenoxy) is 1. The van der Waals surface area contributed by atoms with Crippen LogP contribution in [0.1, 0.15) is 12.8 Å². The van der Waals surface area contributed by atoms with Crippen LogP contribution in [0.5, 0.6) is 0 Å². The summed E-state index contributed by atoms with van der Waals surface area (Å²) in [6.45, 7) is 0.632. The normalized spacial score (nSPS) is 27.3. The molecule has 0 amide bonds. The van der Waals surface area contributed by atoms with Gasteiger partial charge in [0.05, 0.1) is 13.5 Å². The molecule has 1 aliphatic rings. The van der Waals surface area contributed by atoms with Crippen LogP contribution in [-0.4, -0.2) is 44.0 Å². The lowest BCUT2D eigenvalue weighted by Crippen LogP contribution is -2.46. The minimum Gasteiger partial charge on any atom is -0.469 e. The van der Waals surface area contributed by atoms with Crippen molar-refractivity contribution in [3.63, 3.8) is 0 Å². The van der Waals surface area contributed by atoms with Crippen molar-refractivity contribution < 1.29 is 18.3 Å². The van der Waals surface area contributed by atoms with E-state index in [9.17, 15) is 13.6 Å². The van der Waals surface area contributed by atoms with E-state index < -0.39 is 17.8 Å². The van der Waals surface area contributed by atoms with E-state index in [1.54, 1.807) is 7.05 Å². The van der Waals surface area contributed by atoms with E-state index in [-0.39, 0.29) is 19.4 Å². The monoisotopic (exact) mass is 207 g/mol. The number of nitrogens with zero attached hydrogens (tertiary/aromatic N) is 1. The zero-order chi connectivity index (χ0) is 10.8. The van der Waals surface area contributed by atoms with E-state index in [0.717, 1.165) is 0 Å². The van der Waals surface area contributed by atoms with Crippen LogP contribution >= 0.6 is 0 Å². The summed E-state index contributed by atoms with van der Waals surface area (Å²) in [4.78, 5) is 12.7. The van der Waals surface area contributed by atoms with Crippen LogP contribution < -0.4 is 0 Å². The van der Waals surface area contributed by atoms with E-state index in [1.165, 1.54) is 7.11 Å². The highest BCUT2D eigenvalue weighted by molar-refractivity contribution is 5.69. The summed E-state index contributed by atoms with van der Waals surface area (Å²) in [6.07, 6.45) is -0.376. The van der Waals surface area contributed by atoms with Crippen molar-refractivity contribution in [1.82, 2.24) is 4.90 Å². The highest BCUT2D eigenvalue weighted by Crippen LogP contribution is 2.35. The van der Waals surface area contributed by atoms with Crippen molar-refractivity contribution in [2.75, 3.05) is 27.2 Å². The average molecular weight is 207 g/mol. The van der Waals surface area contributed by atoms with Crippen LogP contribution in [0.2, 0.25) is 0 Å². The van der Waals surface area contributed by atoms with Gasteiger partial charge in [0, 0.05) is 25.4 Å². The second-order valence-electron chi connectivity index (χ2n) is 3.75. The van der Waals surface area contributed by atoms with Gasteiger partial charge in [-0.2, -0.15) is 0 Å². The fourth-order valence-electron chi connectivity index (χ4n) is 1.64. The van der Waals surface area contributed by atoms with Gasteiger partial charge in [-0.3, -0.25) is 4.79 Å². The molecule has 0 spiro atoms. The number of hydrogen-bond donors (Lipinski definition) is 0. The second-order valence-corrected chi connectivity index (χ2v) is 3.75. The van der Waals surface area contributed by atoms with E-state index in [2.05, 4.69) is 4.74 Å². The molecule has 0 saturated carbocycles. The van der Waals surface area contributed by atoms with Gasteiger partial charge in [0.25, 0.3) is 5.92 Å². The number of halogens is 2. The molecule has 1 unspecified atom stereocenters. The lowest BCUT2D eigenvalue weighted by atomic mass is 9.91. The summed E-state index contributed by atoms with van der Waals surface area (Å²) in [5.41, 5.74) is 0. The van der Waals surface area contributed by atoms with Gasteiger partial charge in [-0.1, -0.05) is 0 Å². The van der Waals surface area contributed by atoms with Gasteiger partial charge in [-0.25, -0.2) is 8.78 Å². The minimum atomic E-state index is -2.74.